The van der Waals surface area contributed by atoms with Gasteiger partial charge in [-0.25, -0.2) is 4.98 Å². The number of fused-ring (bicyclic) bond motifs is 1. The summed E-state index contributed by atoms with van der Waals surface area (Å²) < 4.78 is 1.02. The van der Waals surface area contributed by atoms with Crippen LogP contribution in [0.5, 0.6) is 11.5 Å². The van der Waals surface area contributed by atoms with Gasteiger partial charge in [0.25, 0.3) is 0 Å². The van der Waals surface area contributed by atoms with Crippen LogP contribution < -0.4 is 0 Å². The van der Waals surface area contributed by atoms with E-state index < -0.39 is 16.4 Å². The maximum atomic E-state index is 11.3. The number of thiazole rings is 1. The molecule has 0 amide bonds. The lowest BCUT2D eigenvalue weighted by atomic mass is 10.0. The number of nitro benzene ring substituents is 1. The van der Waals surface area contributed by atoms with E-state index in [-0.39, 0.29) is 21.9 Å². The van der Waals surface area contributed by atoms with Crippen molar-refractivity contribution in [3.63, 3.8) is 0 Å². The van der Waals surface area contributed by atoms with Crippen LogP contribution in [0.4, 0.5) is 11.4 Å². The van der Waals surface area contributed by atoms with E-state index in [4.69, 9.17) is 11.6 Å². The van der Waals surface area contributed by atoms with Crippen molar-refractivity contribution in [3.8, 4) is 22.1 Å². The minimum atomic E-state index is -0.675. The summed E-state index contributed by atoms with van der Waals surface area (Å²) in [7, 11) is 0. The minimum Gasteiger partial charge on any atom is -0.507 e. The van der Waals surface area contributed by atoms with Crippen molar-refractivity contribution in [2.24, 2.45) is 4.99 Å². The second-order valence-corrected chi connectivity index (χ2v) is 8.29. The summed E-state index contributed by atoms with van der Waals surface area (Å²) in [6.45, 7) is 3.13. The number of nitro groups is 1. The maximum absolute atomic E-state index is 11.3. The molecule has 0 aliphatic heterocycles. The number of para-hydroxylation sites is 1. The second kappa shape index (κ2) is 7.98. The van der Waals surface area contributed by atoms with Crippen molar-refractivity contribution in [1.29, 1.82) is 0 Å². The lowest BCUT2D eigenvalue weighted by Gasteiger charge is -2.10. The van der Waals surface area contributed by atoms with Gasteiger partial charge in [-0.1, -0.05) is 23.7 Å². The van der Waals surface area contributed by atoms with E-state index >= 15 is 0 Å². The van der Waals surface area contributed by atoms with E-state index in [9.17, 15) is 20.3 Å². The zero-order chi connectivity index (χ0) is 22.3. The molecule has 4 aromatic rings. The first-order valence-electron chi connectivity index (χ1n) is 9.17. The predicted octanol–water partition coefficient (Wildman–Crippen LogP) is 6.30. The van der Waals surface area contributed by atoms with E-state index in [1.165, 1.54) is 30.5 Å². The van der Waals surface area contributed by atoms with Crippen LogP contribution >= 0.6 is 22.9 Å². The highest BCUT2D eigenvalue weighted by molar-refractivity contribution is 7.21. The van der Waals surface area contributed by atoms with Crippen LogP contribution in [0, 0.1) is 24.0 Å². The van der Waals surface area contributed by atoms with Crippen LogP contribution in [-0.4, -0.2) is 26.3 Å². The van der Waals surface area contributed by atoms with Gasteiger partial charge in [0.1, 0.15) is 10.8 Å². The molecule has 0 fully saturated rings. The highest BCUT2D eigenvalue weighted by Gasteiger charge is 2.25. The monoisotopic (exact) mass is 453 g/mol. The Labute approximate surface area is 186 Å². The van der Waals surface area contributed by atoms with Crippen LogP contribution in [-0.2, 0) is 0 Å². The Morgan fingerprint density at radius 3 is 2.58 bits per heavy atom. The third-order valence-electron chi connectivity index (χ3n) is 4.93. The molecule has 0 bridgehead atoms. The van der Waals surface area contributed by atoms with E-state index in [0.29, 0.717) is 21.8 Å². The summed E-state index contributed by atoms with van der Waals surface area (Å²) in [6, 6.07) is 12.6. The standard InChI is InChI=1S/C22H16ClN3O4S/c1-11-15(21(28)20(26(29)30)12(2)19(11)23)10-24-13-7-8-14(17(27)9-13)22-25-16-5-3-4-6-18(16)31-22/h3-10,27-28H,1-2H3. The Morgan fingerprint density at radius 2 is 1.90 bits per heavy atom. The molecule has 0 aliphatic carbocycles. The topological polar surface area (TPSA) is 109 Å². The summed E-state index contributed by atoms with van der Waals surface area (Å²) in [5, 5.41) is 33.1. The number of hydrogen-bond acceptors (Lipinski definition) is 7. The number of nitrogens with zero attached hydrogens (tertiary/aromatic N) is 3. The molecule has 0 saturated heterocycles. The summed E-state index contributed by atoms with van der Waals surface area (Å²) >= 11 is 7.68. The van der Waals surface area contributed by atoms with Gasteiger partial charge >= 0.3 is 5.69 Å². The van der Waals surface area contributed by atoms with Gasteiger partial charge in [0.05, 0.1) is 31.4 Å². The highest BCUT2D eigenvalue weighted by Crippen LogP contribution is 2.41. The average Bonchev–Trinajstić information content (AvgIpc) is 3.16. The van der Waals surface area contributed by atoms with Crippen molar-refractivity contribution < 1.29 is 15.1 Å². The Bertz CT molecular complexity index is 1350. The molecule has 0 atom stereocenters. The summed E-state index contributed by atoms with van der Waals surface area (Å²) in [4.78, 5) is 19.5. The van der Waals surface area contributed by atoms with Gasteiger partial charge < -0.3 is 10.2 Å². The molecule has 7 nitrogen and oxygen atoms in total. The number of aliphatic imine (C=N–C) groups is 1. The van der Waals surface area contributed by atoms with Crippen LogP contribution in [0.3, 0.4) is 0 Å². The molecule has 2 N–H and O–H groups in total. The lowest BCUT2D eigenvalue weighted by molar-refractivity contribution is -0.386. The van der Waals surface area contributed by atoms with Crippen molar-refractivity contribution >= 4 is 50.7 Å². The Kier molecular flexibility index (Phi) is 5.34. The summed E-state index contributed by atoms with van der Waals surface area (Å²) in [6.07, 6.45) is 1.30. The van der Waals surface area contributed by atoms with Gasteiger partial charge in [0.15, 0.2) is 0 Å². The van der Waals surface area contributed by atoms with Crippen LogP contribution in [0.1, 0.15) is 16.7 Å². The first-order chi connectivity index (χ1) is 14.8. The molecule has 156 valence electrons. The zero-order valence-electron chi connectivity index (χ0n) is 16.5. The number of benzene rings is 3. The number of aromatic nitrogens is 1. The number of phenolic OH excluding ortho intramolecular Hbond substituents is 2. The summed E-state index contributed by atoms with van der Waals surface area (Å²) in [5.74, 6) is -0.494. The molecule has 0 spiro atoms. The Hall–Kier alpha value is -3.49. The van der Waals surface area contributed by atoms with Crippen LogP contribution in [0.25, 0.3) is 20.8 Å². The molecule has 0 unspecified atom stereocenters. The molecule has 3 aromatic carbocycles. The largest absolute Gasteiger partial charge is 0.507 e. The lowest BCUT2D eigenvalue weighted by Crippen LogP contribution is -1.99. The molecule has 1 heterocycles. The smallest absolute Gasteiger partial charge is 0.315 e. The maximum Gasteiger partial charge on any atom is 0.315 e. The van der Waals surface area contributed by atoms with Gasteiger partial charge in [-0.05, 0) is 43.7 Å². The number of aromatic hydroxyl groups is 2. The average molecular weight is 454 g/mol. The molecule has 9 heteroatoms. The third kappa shape index (κ3) is 3.71. The van der Waals surface area contributed by atoms with Crippen LogP contribution in [0.15, 0.2) is 47.5 Å². The highest BCUT2D eigenvalue weighted by atomic mass is 35.5. The molecular weight excluding hydrogens is 438 g/mol. The second-order valence-electron chi connectivity index (χ2n) is 6.88. The van der Waals surface area contributed by atoms with E-state index in [0.717, 1.165) is 10.2 Å². The molecule has 0 aliphatic rings. The van der Waals surface area contributed by atoms with E-state index in [2.05, 4.69) is 9.98 Å². The number of hydrogen-bond donors (Lipinski definition) is 2. The van der Waals surface area contributed by atoms with Gasteiger partial charge in [0, 0.05) is 23.4 Å². The Morgan fingerprint density at radius 1 is 1.16 bits per heavy atom. The van der Waals surface area contributed by atoms with Crippen LogP contribution in [0.2, 0.25) is 5.02 Å². The summed E-state index contributed by atoms with van der Waals surface area (Å²) in [5.41, 5.74) is 2.20. The normalized spacial score (nSPS) is 11.5. The minimum absolute atomic E-state index is 0.00238. The van der Waals surface area contributed by atoms with Gasteiger partial charge in [-0.3, -0.25) is 15.1 Å². The molecule has 1 aromatic heterocycles. The SMILES string of the molecule is Cc1c(Cl)c(C)c([N+](=O)[O-])c(O)c1C=Nc1ccc(-c2nc3ccccc3s2)c(O)c1. The first kappa shape index (κ1) is 20.8. The fourth-order valence-electron chi connectivity index (χ4n) is 3.28. The number of halogens is 1. The number of rotatable bonds is 4. The van der Waals surface area contributed by atoms with Crippen molar-refractivity contribution in [2.45, 2.75) is 13.8 Å². The first-order valence-corrected chi connectivity index (χ1v) is 10.4. The van der Waals surface area contributed by atoms with E-state index in [1.807, 2.05) is 24.3 Å². The van der Waals surface area contributed by atoms with E-state index in [1.54, 1.807) is 19.1 Å². The fourth-order valence-corrected chi connectivity index (χ4v) is 4.47. The molecule has 0 saturated carbocycles. The van der Waals surface area contributed by atoms with Crippen molar-refractivity contribution in [3.05, 3.63) is 74.3 Å². The fraction of sp³-hybridized carbons (Fsp3) is 0.0909. The van der Waals surface area contributed by atoms with Crippen molar-refractivity contribution in [2.75, 3.05) is 0 Å². The molecule has 0 radical (unpaired) electrons. The predicted molar refractivity (Wildman–Crippen MR) is 123 cm³/mol. The molecular formula is C22H16ClN3O4S. The molecule has 31 heavy (non-hydrogen) atoms. The van der Waals surface area contributed by atoms with Gasteiger partial charge in [0.2, 0.25) is 5.75 Å². The van der Waals surface area contributed by atoms with Crippen molar-refractivity contribution in [1.82, 2.24) is 4.98 Å². The molecule has 4 rings (SSSR count). The quantitative estimate of drug-likeness (QED) is 0.214. The van der Waals surface area contributed by atoms with Gasteiger partial charge in [-0.15, -0.1) is 11.3 Å². The number of phenols is 2. The van der Waals surface area contributed by atoms with Gasteiger partial charge in [-0.2, -0.15) is 0 Å². The zero-order valence-corrected chi connectivity index (χ0v) is 18.0. The third-order valence-corrected chi connectivity index (χ3v) is 6.56. The Balaban J connectivity index is 1.71.